The Hall–Kier alpha value is -0.0400. The van der Waals surface area contributed by atoms with Crippen molar-refractivity contribution in [3.05, 3.63) is 0 Å². The van der Waals surface area contributed by atoms with E-state index >= 15 is 0 Å². The van der Waals surface area contributed by atoms with Crippen LogP contribution in [0.3, 0.4) is 0 Å². The molecule has 86 valence electrons. The third-order valence-corrected chi connectivity index (χ3v) is 4.92. The van der Waals surface area contributed by atoms with E-state index in [1.54, 1.807) is 25.7 Å². The van der Waals surface area contributed by atoms with Gasteiger partial charge in [-0.05, 0) is 56.4 Å². The molecular formula is C14H25N. The molecule has 3 saturated carbocycles. The predicted octanol–water partition coefficient (Wildman–Crippen LogP) is 3.34. The lowest BCUT2D eigenvalue weighted by atomic mass is 9.67. The maximum Gasteiger partial charge on any atom is 0.00683 e. The molecule has 0 amide bonds. The first-order chi connectivity index (χ1) is 7.42. The smallest absolute Gasteiger partial charge is 0.00683 e. The molecule has 0 saturated heterocycles. The van der Waals surface area contributed by atoms with Crippen LogP contribution in [0.2, 0.25) is 0 Å². The SMILES string of the molecule is C1CCC2CC(CNC3CC3)CCC2C1. The summed E-state index contributed by atoms with van der Waals surface area (Å²) in [6.45, 7) is 1.33. The van der Waals surface area contributed by atoms with Gasteiger partial charge in [0, 0.05) is 6.04 Å². The third-order valence-electron chi connectivity index (χ3n) is 4.92. The van der Waals surface area contributed by atoms with Gasteiger partial charge in [-0.1, -0.05) is 25.7 Å². The Morgan fingerprint density at radius 3 is 2.40 bits per heavy atom. The van der Waals surface area contributed by atoms with Gasteiger partial charge in [0.1, 0.15) is 0 Å². The van der Waals surface area contributed by atoms with Crippen molar-refractivity contribution >= 4 is 0 Å². The molecule has 0 aromatic rings. The first kappa shape index (κ1) is 10.1. The summed E-state index contributed by atoms with van der Waals surface area (Å²) >= 11 is 0. The average molecular weight is 207 g/mol. The molecule has 3 aliphatic carbocycles. The van der Waals surface area contributed by atoms with Crippen molar-refractivity contribution in [3.63, 3.8) is 0 Å². The summed E-state index contributed by atoms with van der Waals surface area (Å²) < 4.78 is 0. The Labute approximate surface area is 94.0 Å². The third kappa shape index (κ3) is 2.55. The first-order valence-corrected chi connectivity index (χ1v) is 7.15. The van der Waals surface area contributed by atoms with Crippen LogP contribution in [0.25, 0.3) is 0 Å². The van der Waals surface area contributed by atoms with Crippen molar-refractivity contribution in [1.82, 2.24) is 5.32 Å². The average Bonchev–Trinajstić information content (AvgIpc) is 3.10. The van der Waals surface area contributed by atoms with Gasteiger partial charge in [0.25, 0.3) is 0 Å². The molecule has 0 aromatic carbocycles. The van der Waals surface area contributed by atoms with E-state index in [9.17, 15) is 0 Å². The van der Waals surface area contributed by atoms with Gasteiger partial charge in [-0.3, -0.25) is 0 Å². The number of hydrogen-bond acceptors (Lipinski definition) is 1. The first-order valence-electron chi connectivity index (χ1n) is 7.15. The molecule has 1 N–H and O–H groups in total. The van der Waals surface area contributed by atoms with Gasteiger partial charge in [0.15, 0.2) is 0 Å². The molecule has 0 spiro atoms. The molecule has 0 aliphatic heterocycles. The van der Waals surface area contributed by atoms with Crippen molar-refractivity contribution in [2.75, 3.05) is 6.54 Å². The van der Waals surface area contributed by atoms with Crippen LogP contribution in [0, 0.1) is 17.8 Å². The quantitative estimate of drug-likeness (QED) is 0.748. The van der Waals surface area contributed by atoms with E-state index in [0.29, 0.717) is 0 Å². The van der Waals surface area contributed by atoms with Crippen LogP contribution in [0.1, 0.15) is 57.8 Å². The molecule has 3 atom stereocenters. The fourth-order valence-corrected chi connectivity index (χ4v) is 3.78. The summed E-state index contributed by atoms with van der Waals surface area (Å²) in [6.07, 6.45) is 13.6. The lowest BCUT2D eigenvalue weighted by Gasteiger charge is -2.39. The molecule has 0 aromatic heterocycles. The second kappa shape index (κ2) is 4.45. The van der Waals surface area contributed by atoms with Crippen molar-refractivity contribution in [2.24, 2.45) is 17.8 Å². The van der Waals surface area contributed by atoms with Gasteiger partial charge in [0.2, 0.25) is 0 Å². The molecule has 0 radical (unpaired) electrons. The number of nitrogens with one attached hydrogen (secondary N) is 1. The highest BCUT2D eigenvalue weighted by molar-refractivity contribution is 4.86. The maximum absolute atomic E-state index is 3.72. The van der Waals surface area contributed by atoms with Crippen LogP contribution < -0.4 is 5.32 Å². The highest BCUT2D eigenvalue weighted by atomic mass is 14.9. The van der Waals surface area contributed by atoms with Gasteiger partial charge in [-0.2, -0.15) is 0 Å². The van der Waals surface area contributed by atoms with E-state index < -0.39 is 0 Å². The van der Waals surface area contributed by atoms with Crippen LogP contribution in [0.4, 0.5) is 0 Å². The van der Waals surface area contributed by atoms with Gasteiger partial charge < -0.3 is 5.32 Å². The Balaban J connectivity index is 1.46. The summed E-state index contributed by atoms with van der Waals surface area (Å²) in [7, 11) is 0. The molecule has 3 fully saturated rings. The van der Waals surface area contributed by atoms with Crippen molar-refractivity contribution in [3.8, 4) is 0 Å². The molecule has 3 aliphatic rings. The Morgan fingerprint density at radius 2 is 1.60 bits per heavy atom. The Morgan fingerprint density at radius 1 is 0.800 bits per heavy atom. The molecule has 3 rings (SSSR count). The highest BCUT2D eigenvalue weighted by Crippen LogP contribution is 2.42. The Bertz CT molecular complexity index is 209. The second-order valence-corrected chi connectivity index (χ2v) is 6.17. The maximum atomic E-state index is 3.72. The van der Waals surface area contributed by atoms with Gasteiger partial charge in [-0.15, -0.1) is 0 Å². The fraction of sp³-hybridized carbons (Fsp3) is 1.00. The lowest BCUT2D eigenvalue weighted by molar-refractivity contribution is 0.128. The van der Waals surface area contributed by atoms with Crippen LogP contribution in [0.5, 0.6) is 0 Å². The van der Waals surface area contributed by atoms with Gasteiger partial charge in [-0.25, -0.2) is 0 Å². The van der Waals surface area contributed by atoms with Gasteiger partial charge in [0.05, 0.1) is 0 Å². The summed E-state index contributed by atoms with van der Waals surface area (Å²) in [5.74, 6) is 3.25. The minimum absolute atomic E-state index is 0.911. The number of fused-ring (bicyclic) bond motifs is 1. The lowest BCUT2D eigenvalue weighted by Crippen LogP contribution is -2.33. The van der Waals surface area contributed by atoms with Crippen LogP contribution >= 0.6 is 0 Å². The molecule has 0 bridgehead atoms. The van der Waals surface area contributed by atoms with Crippen molar-refractivity contribution in [2.45, 2.75) is 63.8 Å². The molecule has 3 unspecified atom stereocenters. The summed E-state index contributed by atoms with van der Waals surface area (Å²) in [4.78, 5) is 0. The molecule has 1 nitrogen and oxygen atoms in total. The molecule has 0 heterocycles. The molecule has 15 heavy (non-hydrogen) atoms. The van der Waals surface area contributed by atoms with Crippen LogP contribution in [0.15, 0.2) is 0 Å². The molecular weight excluding hydrogens is 182 g/mol. The zero-order valence-corrected chi connectivity index (χ0v) is 9.88. The van der Waals surface area contributed by atoms with Crippen molar-refractivity contribution < 1.29 is 0 Å². The largest absolute Gasteiger partial charge is 0.314 e. The normalized spacial score (nSPS) is 41.2. The summed E-state index contributed by atoms with van der Waals surface area (Å²) in [5.41, 5.74) is 0. The van der Waals surface area contributed by atoms with E-state index in [4.69, 9.17) is 0 Å². The monoisotopic (exact) mass is 207 g/mol. The van der Waals surface area contributed by atoms with Gasteiger partial charge >= 0.3 is 0 Å². The zero-order chi connectivity index (χ0) is 10.1. The fourth-order valence-electron chi connectivity index (χ4n) is 3.78. The summed E-state index contributed by atoms with van der Waals surface area (Å²) in [5, 5.41) is 3.72. The van der Waals surface area contributed by atoms with Crippen LogP contribution in [-0.2, 0) is 0 Å². The Kier molecular flexibility index (Phi) is 3.01. The van der Waals surface area contributed by atoms with E-state index in [1.807, 2.05) is 0 Å². The molecule has 1 heteroatoms. The number of hydrogen-bond donors (Lipinski definition) is 1. The number of rotatable bonds is 3. The topological polar surface area (TPSA) is 12.0 Å². The zero-order valence-electron chi connectivity index (χ0n) is 9.88. The van der Waals surface area contributed by atoms with E-state index in [-0.39, 0.29) is 0 Å². The summed E-state index contributed by atoms with van der Waals surface area (Å²) in [6, 6.07) is 0.911. The highest BCUT2D eigenvalue weighted by Gasteiger charge is 2.32. The predicted molar refractivity (Wildman–Crippen MR) is 63.8 cm³/mol. The van der Waals surface area contributed by atoms with E-state index in [1.165, 1.54) is 38.6 Å². The second-order valence-electron chi connectivity index (χ2n) is 6.17. The van der Waals surface area contributed by atoms with E-state index in [0.717, 1.165) is 23.8 Å². The minimum Gasteiger partial charge on any atom is -0.314 e. The van der Waals surface area contributed by atoms with Crippen molar-refractivity contribution in [1.29, 1.82) is 0 Å². The van der Waals surface area contributed by atoms with E-state index in [2.05, 4.69) is 5.32 Å². The standard InChI is InChI=1S/C14H25N/c1-2-4-13-9-11(5-6-12(13)3-1)10-15-14-7-8-14/h11-15H,1-10H2. The van der Waals surface area contributed by atoms with Crippen LogP contribution in [-0.4, -0.2) is 12.6 Å². The minimum atomic E-state index is 0.911.